The molecule has 0 fully saturated rings. The molecule has 2 aromatic carbocycles. The highest BCUT2D eigenvalue weighted by Crippen LogP contribution is 2.20. The fourth-order valence-corrected chi connectivity index (χ4v) is 2.68. The Morgan fingerprint density at radius 2 is 1.65 bits per heavy atom. The molecular formula is C13H8F2N2O2S. The van der Waals surface area contributed by atoms with Gasteiger partial charge in [0.2, 0.25) is 0 Å². The number of nitriles is 1. The van der Waals surface area contributed by atoms with Crippen molar-refractivity contribution in [3.63, 3.8) is 0 Å². The van der Waals surface area contributed by atoms with Gasteiger partial charge in [-0.1, -0.05) is 12.1 Å². The number of benzene rings is 2. The van der Waals surface area contributed by atoms with Crippen LogP contribution in [0.4, 0.5) is 14.5 Å². The van der Waals surface area contributed by atoms with Gasteiger partial charge in [0, 0.05) is 6.07 Å². The summed E-state index contributed by atoms with van der Waals surface area (Å²) in [5.41, 5.74) is 0.146. The van der Waals surface area contributed by atoms with Crippen LogP contribution in [-0.2, 0) is 10.0 Å². The van der Waals surface area contributed by atoms with Crippen LogP contribution in [0.3, 0.4) is 0 Å². The largest absolute Gasteiger partial charge is 0.278 e. The van der Waals surface area contributed by atoms with Crippen LogP contribution in [0, 0.1) is 23.0 Å². The molecule has 0 unspecified atom stereocenters. The van der Waals surface area contributed by atoms with Gasteiger partial charge in [-0.25, -0.2) is 17.2 Å². The molecule has 0 aliphatic heterocycles. The number of hydrogen-bond acceptors (Lipinski definition) is 3. The molecule has 0 aliphatic carbocycles. The molecule has 2 aromatic rings. The van der Waals surface area contributed by atoms with Crippen molar-refractivity contribution >= 4 is 15.7 Å². The van der Waals surface area contributed by atoms with Gasteiger partial charge in [-0.2, -0.15) is 5.26 Å². The Hall–Kier alpha value is -2.46. The fourth-order valence-electron chi connectivity index (χ4n) is 1.56. The summed E-state index contributed by atoms with van der Waals surface area (Å²) in [5.74, 6) is -2.00. The topological polar surface area (TPSA) is 70.0 Å². The molecule has 0 radical (unpaired) electrons. The third-order valence-electron chi connectivity index (χ3n) is 2.44. The Kier molecular flexibility index (Phi) is 3.68. The van der Waals surface area contributed by atoms with E-state index in [9.17, 15) is 17.2 Å². The number of rotatable bonds is 3. The van der Waals surface area contributed by atoms with E-state index in [4.69, 9.17) is 5.26 Å². The SMILES string of the molecule is N#Cc1ccccc1NS(=O)(=O)c1cc(F)cc(F)c1. The van der Waals surface area contributed by atoms with Crippen LogP contribution in [0.15, 0.2) is 47.4 Å². The Labute approximate surface area is 114 Å². The van der Waals surface area contributed by atoms with Gasteiger partial charge in [-0.05, 0) is 24.3 Å². The first-order chi connectivity index (χ1) is 9.42. The van der Waals surface area contributed by atoms with Gasteiger partial charge in [0.05, 0.1) is 16.1 Å². The highest BCUT2D eigenvalue weighted by Gasteiger charge is 2.18. The number of nitrogens with one attached hydrogen (secondary N) is 1. The molecule has 7 heteroatoms. The molecular weight excluding hydrogens is 286 g/mol. The van der Waals surface area contributed by atoms with E-state index < -0.39 is 26.6 Å². The summed E-state index contributed by atoms with van der Waals surface area (Å²) in [5, 5.41) is 8.87. The minimum absolute atomic E-state index is 0.0414. The van der Waals surface area contributed by atoms with Crippen LogP contribution in [0.5, 0.6) is 0 Å². The maximum atomic E-state index is 13.1. The molecule has 0 aliphatic rings. The summed E-state index contributed by atoms with van der Waals surface area (Å²) in [6.45, 7) is 0. The molecule has 20 heavy (non-hydrogen) atoms. The molecule has 2 rings (SSSR count). The minimum Gasteiger partial charge on any atom is -0.278 e. The van der Waals surface area contributed by atoms with E-state index in [2.05, 4.69) is 4.72 Å². The second kappa shape index (κ2) is 5.27. The van der Waals surface area contributed by atoms with Crippen molar-refractivity contribution in [2.45, 2.75) is 4.90 Å². The normalized spacial score (nSPS) is 10.8. The average Bonchev–Trinajstić information content (AvgIpc) is 2.38. The smallest absolute Gasteiger partial charge is 0.262 e. The monoisotopic (exact) mass is 294 g/mol. The quantitative estimate of drug-likeness (QED) is 0.946. The van der Waals surface area contributed by atoms with Gasteiger partial charge < -0.3 is 0 Å². The van der Waals surface area contributed by atoms with Crippen LogP contribution < -0.4 is 4.72 Å². The van der Waals surface area contributed by atoms with Crippen molar-refractivity contribution in [2.75, 3.05) is 4.72 Å². The molecule has 102 valence electrons. The van der Waals surface area contributed by atoms with Gasteiger partial charge in [0.25, 0.3) is 10.0 Å². The Bertz CT molecular complexity index is 778. The lowest BCUT2D eigenvalue weighted by Crippen LogP contribution is -2.14. The van der Waals surface area contributed by atoms with Crippen molar-refractivity contribution in [3.05, 3.63) is 59.7 Å². The second-order valence-corrected chi connectivity index (χ2v) is 5.55. The van der Waals surface area contributed by atoms with Crippen molar-refractivity contribution in [1.29, 1.82) is 5.26 Å². The first-order valence-electron chi connectivity index (χ1n) is 5.40. The van der Waals surface area contributed by atoms with Crippen molar-refractivity contribution in [1.82, 2.24) is 0 Å². The molecule has 0 heterocycles. The first kappa shape index (κ1) is 14.0. The van der Waals surface area contributed by atoms with Crippen LogP contribution in [0.2, 0.25) is 0 Å². The van der Waals surface area contributed by atoms with Gasteiger partial charge in [0.15, 0.2) is 0 Å². The lowest BCUT2D eigenvalue weighted by molar-refractivity contribution is 0.568. The summed E-state index contributed by atoms with van der Waals surface area (Å²) in [7, 11) is -4.17. The van der Waals surface area contributed by atoms with Gasteiger partial charge in [-0.15, -0.1) is 0 Å². The van der Waals surface area contributed by atoms with E-state index in [1.165, 1.54) is 18.2 Å². The standard InChI is InChI=1S/C13H8F2N2O2S/c14-10-5-11(15)7-12(6-10)20(18,19)17-13-4-2-1-3-9(13)8-16/h1-7,17H. The molecule has 4 nitrogen and oxygen atoms in total. The lowest BCUT2D eigenvalue weighted by atomic mass is 10.2. The number of halogens is 2. The molecule has 0 saturated carbocycles. The summed E-state index contributed by atoms with van der Waals surface area (Å²) < 4.78 is 52.3. The van der Waals surface area contributed by atoms with E-state index >= 15 is 0 Å². The molecule has 0 atom stereocenters. The lowest BCUT2D eigenvalue weighted by Gasteiger charge is -2.09. The van der Waals surface area contributed by atoms with Gasteiger partial charge in [-0.3, -0.25) is 4.72 Å². The third-order valence-corrected chi connectivity index (χ3v) is 3.78. The average molecular weight is 294 g/mol. The number of para-hydroxylation sites is 1. The zero-order valence-corrected chi connectivity index (χ0v) is 10.8. The van der Waals surface area contributed by atoms with E-state index in [0.29, 0.717) is 18.2 Å². The Morgan fingerprint density at radius 1 is 1.05 bits per heavy atom. The number of anilines is 1. The predicted octanol–water partition coefficient (Wildman–Crippen LogP) is 2.64. The van der Waals surface area contributed by atoms with Crippen LogP contribution in [0.1, 0.15) is 5.56 Å². The third kappa shape index (κ3) is 2.92. The number of sulfonamides is 1. The van der Waals surface area contributed by atoms with E-state index in [1.54, 1.807) is 6.07 Å². The molecule has 0 saturated heterocycles. The van der Waals surface area contributed by atoms with Crippen molar-refractivity contribution in [3.8, 4) is 6.07 Å². The summed E-state index contributed by atoms with van der Waals surface area (Å²) in [6.07, 6.45) is 0. The summed E-state index contributed by atoms with van der Waals surface area (Å²) >= 11 is 0. The molecule has 0 amide bonds. The summed E-state index contributed by atoms with van der Waals surface area (Å²) in [4.78, 5) is -0.553. The zero-order chi connectivity index (χ0) is 14.8. The number of hydrogen-bond donors (Lipinski definition) is 1. The van der Waals surface area contributed by atoms with Crippen LogP contribution >= 0.6 is 0 Å². The molecule has 0 bridgehead atoms. The number of nitrogens with zero attached hydrogens (tertiary/aromatic N) is 1. The maximum absolute atomic E-state index is 13.1. The maximum Gasteiger partial charge on any atom is 0.262 e. The highest BCUT2D eigenvalue weighted by atomic mass is 32.2. The molecule has 0 spiro atoms. The van der Waals surface area contributed by atoms with Crippen molar-refractivity contribution in [2.24, 2.45) is 0 Å². The first-order valence-corrected chi connectivity index (χ1v) is 6.89. The van der Waals surface area contributed by atoms with Crippen LogP contribution in [0.25, 0.3) is 0 Å². The fraction of sp³-hybridized carbons (Fsp3) is 0. The highest BCUT2D eigenvalue weighted by molar-refractivity contribution is 7.92. The van der Waals surface area contributed by atoms with Gasteiger partial charge in [0.1, 0.15) is 17.7 Å². The van der Waals surface area contributed by atoms with E-state index in [1.807, 2.05) is 6.07 Å². The predicted molar refractivity (Wildman–Crippen MR) is 68.3 cm³/mol. The Balaban J connectivity index is 2.44. The van der Waals surface area contributed by atoms with Crippen LogP contribution in [-0.4, -0.2) is 8.42 Å². The second-order valence-electron chi connectivity index (χ2n) is 3.87. The zero-order valence-electron chi connectivity index (χ0n) is 9.97. The molecule has 1 N–H and O–H groups in total. The van der Waals surface area contributed by atoms with E-state index in [0.717, 1.165) is 0 Å². The van der Waals surface area contributed by atoms with E-state index in [-0.39, 0.29) is 11.3 Å². The molecule has 0 aromatic heterocycles. The van der Waals surface area contributed by atoms with Gasteiger partial charge >= 0.3 is 0 Å². The van der Waals surface area contributed by atoms with Crippen molar-refractivity contribution < 1.29 is 17.2 Å². The summed E-state index contributed by atoms with van der Waals surface area (Å²) in [6, 6.07) is 9.68. The minimum atomic E-state index is -4.17. The Morgan fingerprint density at radius 3 is 2.25 bits per heavy atom.